The first-order valence-electron chi connectivity index (χ1n) is 3.36. The maximum Gasteiger partial charge on any atom is 0.0237 e. The van der Waals surface area contributed by atoms with Crippen molar-refractivity contribution in [3.05, 3.63) is 0 Å². The van der Waals surface area contributed by atoms with Gasteiger partial charge in [0.05, 0.1) is 0 Å². The van der Waals surface area contributed by atoms with E-state index in [4.69, 9.17) is 0 Å². The van der Waals surface area contributed by atoms with Crippen molar-refractivity contribution in [1.29, 1.82) is 0 Å². The maximum atomic E-state index is 3.31. The highest BCUT2D eigenvalue weighted by molar-refractivity contribution is 7.98. The second kappa shape index (κ2) is 4.18. The van der Waals surface area contributed by atoms with E-state index in [1.807, 2.05) is 18.8 Å². The third-order valence-corrected chi connectivity index (χ3v) is 2.77. The summed E-state index contributed by atoms with van der Waals surface area (Å²) in [5, 5.41) is 3.31. The lowest BCUT2D eigenvalue weighted by Gasteiger charge is -2.26. The number of thioether (sulfide) groups is 1. The molecular weight excluding hydrogens is 130 g/mol. The Labute approximate surface area is 62.6 Å². The molecule has 0 saturated carbocycles. The fourth-order valence-corrected chi connectivity index (χ4v) is 1.66. The maximum absolute atomic E-state index is 3.31. The molecule has 0 bridgehead atoms. The normalized spacial score (nSPS) is 17.3. The van der Waals surface area contributed by atoms with Crippen LogP contribution in [-0.4, -0.2) is 24.6 Å². The first-order valence-corrected chi connectivity index (χ1v) is 4.75. The third kappa shape index (κ3) is 3.11. The molecule has 0 spiro atoms. The molecule has 1 nitrogen and oxygen atoms in total. The van der Waals surface area contributed by atoms with Gasteiger partial charge in [-0.15, -0.1) is 0 Å². The van der Waals surface area contributed by atoms with Crippen molar-refractivity contribution in [1.82, 2.24) is 5.32 Å². The van der Waals surface area contributed by atoms with E-state index in [9.17, 15) is 0 Å². The van der Waals surface area contributed by atoms with E-state index >= 15 is 0 Å². The van der Waals surface area contributed by atoms with Gasteiger partial charge in [-0.25, -0.2) is 0 Å². The Morgan fingerprint density at radius 1 is 1.56 bits per heavy atom. The molecule has 0 aromatic rings. The molecular formula is C7H17NS. The van der Waals surface area contributed by atoms with Crippen molar-refractivity contribution in [3.8, 4) is 0 Å². The summed E-state index contributed by atoms with van der Waals surface area (Å²) < 4.78 is 0. The molecule has 0 rings (SSSR count). The van der Waals surface area contributed by atoms with Gasteiger partial charge >= 0.3 is 0 Å². The molecule has 0 aromatic carbocycles. The number of nitrogens with one attached hydrogen (secondary N) is 1. The summed E-state index contributed by atoms with van der Waals surface area (Å²) in [4.78, 5) is 0. The zero-order valence-electron chi connectivity index (χ0n) is 6.82. The number of hydrogen-bond acceptors (Lipinski definition) is 2. The molecule has 0 aromatic heterocycles. The number of hydrogen-bond donors (Lipinski definition) is 1. The van der Waals surface area contributed by atoms with Gasteiger partial charge in [0, 0.05) is 11.3 Å². The second-order valence-electron chi connectivity index (χ2n) is 2.60. The second-order valence-corrected chi connectivity index (χ2v) is 3.46. The predicted molar refractivity (Wildman–Crippen MR) is 46.1 cm³/mol. The minimum Gasteiger partial charge on any atom is -0.314 e. The van der Waals surface area contributed by atoms with E-state index in [1.54, 1.807) is 0 Å². The Bertz CT molecular complexity index is 69.3. The average molecular weight is 147 g/mol. The average Bonchev–Trinajstić information content (AvgIpc) is 1.89. The van der Waals surface area contributed by atoms with Gasteiger partial charge in [-0.05, 0) is 26.6 Å². The summed E-state index contributed by atoms with van der Waals surface area (Å²) in [7, 11) is 2.03. The minimum atomic E-state index is 0.347. The minimum absolute atomic E-state index is 0.347. The van der Waals surface area contributed by atoms with E-state index in [2.05, 4.69) is 25.4 Å². The molecule has 0 aliphatic rings. The van der Waals surface area contributed by atoms with Crippen LogP contribution >= 0.6 is 11.8 Å². The van der Waals surface area contributed by atoms with Crippen LogP contribution in [0.5, 0.6) is 0 Å². The van der Waals surface area contributed by atoms with Gasteiger partial charge < -0.3 is 5.32 Å². The molecule has 0 amide bonds. The van der Waals surface area contributed by atoms with Crippen LogP contribution < -0.4 is 5.32 Å². The molecule has 2 heteroatoms. The molecule has 0 radical (unpaired) electrons. The van der Waals surface area contributed by atoms with Gasteiger partial charge in [0.25, 0.3) is 0 Å². The van der Waals surface area contributed by atoms with Gasteiger partial charge in [0.15, 0.2) is 0 Å². The topological polar surface area (TPSA) is 12.0 Å². The van der Waals surface area contributed by atoms with Crippen molar-refractivity contribution in [2.75, 3.05) is 19.1 Å². The van der Waals surface area contributed by atoms with Crippen LogP contribution in [0.2, 0.25) is 0 Å². The summed E-state index contributed by atoms with van der Waals surface area (Å²) in [6.07, 6.45) is 3.34. The largest absolute Gasteiger partial charge is 0.314 e. The van der Waals surface area contributed by atoms with Crippen LogP contribution in [0.1, 0.15) is 20.3 Å². The fourth-order valence-electron chi connectivity index (χ4n) is 0.670. The van der Waals surface area contributed by atoms with E-state index in [0.29, 0.717) is 5.54 Å². The molecule has 56 valence electrons. The molecule has 0 fully saturated rings. The highest BCUT2D eigenvalue weighted by Gasteiger charge is 2.17. The summed E-state index contributed by atoms with van der Waals surface area (Å²) in [5.74, 6) is 1.19. The first-order chi connectivity index (χ1) is 4.18. The highest BCUT2D eigenvalue weighted by atomic mass is 32.2. The molecule has 9 heavy (non-hydrogen) atoms. The first kappa shape index (κ1) is 9.31. The van der Waals surface area contributed by atoms with Crippen molar-refractivity contribution >= 4 is 11.8 Å². The predicted octanol–water partition coefficient (Wildman–Crippen LogP) is 1.74. The van der Waals surface area contributed by atoms with Crippen LogP contribution in [0.15, 0.2) is 0 Å². The SMILES string of the molecule is CCC(C)(CSC)NC. The fraction of sp³-hybridized carbons (Fsp3) is 1.00. The van der Waals surface area contributed by atoms with Crippen molar-refractivity contribution < 1.29 is 0 Å². The van der Waals surface area contributed by atoms with Crippen molar-refractivity contribution in [2.45, 2.75) is 25.8 Å². The lowest BCUT2D eigenvalue weighted by Crippen LogP contribution is -2.41. The molecule has 0 aliphatic heterocycles. The molecule has 1 atom stereocenters. The zero-order valence-corrected chi connectivity index (χ0v) is 7.64. The van der Waals surface area contributed by atoms with Crippen molar-refractivity contribution in [3.63, 3.8) is 0 Å². The van der Waals surface area contributed by atoms with Crippen LogP contribution in [-0.2, 0) is 0 Å². The Balaban J connectivity index is 3.62. The van der Waals surface area contributed by atoms with Crippen LogP contribution in [0.3, 0.4) is 0 Å². The van der Waals surface area contributed by atoms with Crippen molar-refractivity contribution in [2.24, 2.45) is 0 Å². The van der Waals surface area contributed by atoms with Gasteiger partial charge in [-0.1, -0.05) is 6.92 Å². The smallest absolute Gasteiger partial charge is 0.0237 e. The Morgan fingerprint density at radius 3 is 2.22 bits per heavy atom. The Hall–Kier alpha value is 0.310. The monoisotopic (exact) mass is 147 g/mol. The highest BCUT2D eigenvalue weighted by Crippen LogP contribution is 2.13. The van der Waals surface area contributed by atoms with Crippen LogP contribution in [0.4, 0.5) is 0 Å². The zero-order chi connectivity index (χ0) is 7.33. The standard InChI is InChI=1S/C7H17NS/c1-5-7(2,8-3)6-9-4/h8H,5-6H2,1-4H3. The van der Waals surface area contributed by atoms with Gasteiger partial charge in [0.2, 0.25) is 0 Å². The van der Waals surface area contributed by atoms with Crippen LogP contribution in [0.25, 0.3) is 0 Å². The molecule has 1 unspecified atom stereocenters. The lowest BCUT2D eigenvalue weighted by molar-refractivity contribution is 0.419. The van der Waals surface area contributed by atoms with Gasteiger partial charge in [-0.3, -0.25) is 0 Å². The van der Waals surface area contributed by atoms with E-state index < -0.39 is 0 Å². The summed E-state index contributed by atoms with van der Waals surface area (Å²) in [6.45, 7) is 4.47. The summed E-state index contributed by atoms with van der Waals surface area (Å²) >= 11 is 1.90. The van der Waals surface area contributed by atoms with E-state index in [1.165, 1.54) is 12.2 Å². The quantitative estimate of drug-likeness (QED) is 0.650. The molecule has 0 heterocycles. The van der Waals surface area contributed by atoms with E-state index in [0.717, 1.165) is 0 Å². The Kier molecular flexibility index (Phi) is 4.32. The van der Waals surface area contributed by atoms with Crippen LogP contribution in [0, 0.1) is 0 Å². The lowest BCUT2D eigenvalue weighted by atomic mass is 10.0. The van der Waals surface area contributed by atoms with E-state index in [-0.39, 0.29) is 0 Å². The molecule has 0 aliphatic carbocycles. The molecule has 1 N–H and O–H groups in total. The molecule has 0 saturated heterocycles. The van der Waals surface area contributed by atoms with Gasteiger partial charge in [0.1, 0.15) is 0 Å². The number of rotatable bonds is 4. The Morgan fingerprint density at radius 2 is 2.11 bits per heavy atom. The summed E-state index contributed by atoms with van der Waals surface area (Å²) in [5.41, 5.74) is 0.347. The summed E-state index contributed by atoms with van der Waals surface area (Å²) in [6, 6.07) is 0. The van der Waals surface area contributed by atoms with Gasteiger partial charge in [-0.2, -0.15) is 11.8 Å². The third-order valence-electron chi connectivity index (χ3n) is 1.85.